The molecule has 27 heavy (non-hydrogen) atoms. The molecule has 0 bridgehead atoms. The number of nitriles is 1. The summed E-state index contributed by atoms with van der Waals surface area (Å²) in [5.41, 5.74) is 5.21. The van der Waals surface area contributed by atoms with Crippen molar-refractivity contribution >= 4 is 6.08 Å². The summed E-state index contributed by atoms with van der Waals surface area (Å²) >= 11 is 0. The SMILES string of the molecule is C=CCc1nc(/C=C(\C#N)C=C)c(CCCCCC)cc1CCCCCC. The van der Waals surface area contributed by atoms with E-state index in [1.165, 1.54) is 62.5 Å². The summed E-state index contributed by atoms with van der Waals surface area (Å²) in [5, 5.41) is 9.28. The lowest BCUT2D eigenvalue weighted by Gasteiger charge is -2.14. The van der Waals surface area contributed by atoms with E-state index in [1.807, 2.05) is 12.2 Å². The van der Waals surface area contributed by atoms with Crippen molar-refractivity contribution < 1.29 is 0 Å². The molecule has 0 spiro atoms. The van der Waals surface area contributed by atoms with Crippen LogP contribution in [0.3, 0.4) is 0 Å². The van der Waals surface area contributed by atoms with Crippen LogP contribution in [0.5, 0.6) is 0 Å². The summed E-state index contributed by atoms with van der Waals surface area (Å²) in [4.78, 5) is 4.95. The van der Waals surface area contributed by atoms with E-state index in [0.29, 0.717) is 5.57 Å². The number of allylic oxidation sites excluding steroid dienone is 3. The summed E-state index contributed by atoms with van der Waals surface area (Å²) in [6.45, 7) is 12.1. The van der Waals surface area contributed by atoms with E-state index in [4.69, 9.17) is 4.98 Å². The molecule has 2 nitrogen and oxygen atoms in total. The first-order valence-corrected chi connectivity index (χ1v) is 10.6. The van der Waals surface area contributed by atoms with Gasteiger partial charge in [-0.2, -0.15) is 5.26 Å². The Labute approximate surface area is 166 Å². The zero-order chi connectivity index (χ0) is 19.9. The number of nitrogens with zero attached hydrogens (tertiary/aromatic N) is 2. The molecule has 1 aromatic heterocycles. The van der Waals surface area contributed by atoms with E-state index < -0.39 is 0 Å². The van der Waals surface area contributed by atoms with E-state index in [0.717, 1.165) is 30.7 Å². The number of unbranched alkanes of at least 4 members (excludes halogenated alkanes) is 6. The van der Waals surface area contributed by atoms with Gasteiger partial charge in [0, 0.05) is 12.1 Å². The van der Waals surface area contributed by atoms with Crippen LogP contribution >= 0.6 is 0 Å². The van der Waals surface area contributed by atoms with E-state index in [-0.39, 0.29) is 0 Å². The first-order valence-electron chi connectivity index (χ1n) is 10.6. The number of aromatic nitrogens is 1. The molecule has 0 fully saturated rings. The van der Waals surface area contributed by atoms with Gasteiger partial charge < -0.3 is 0 Å². The zero-order valence-electron chi connectivity index (χ0n) is 17.4. The molecule has 1 heterocycles. The average molecular weight is 365 g/mol. The highest BCUT2D eigenvalue weighted by Crippen LogP contribution is 2.22. The fraction of sp³-hybridized carbons (Fsp3) is 0.520. The summed E-state index contributed by atoms with van der Waals surface area (Å²) in [6, 6.07) is 4.54. The lowest BCUT2D eigenvalue weighted by molar-refractivity contribution is 0.656. The largest absolute Gasteiger partial charge is 0.253 e. The van der Waals surface area contributed by atoms with Gasteiger partial charge in [-0.15, -0.1) is 6.58 Å². The van der Waals surface area contributed by atoms with Crippen LogP contribution in [0.4, 0.5) is 0 Å². The van der Waals surface area contributed by atoms with Gasteiger partial charge in [0.1, 0.15) is 0 Å². The van der Waals surface area contributed by atoms with E-state index in [2.05, 4.69) is 39.1 Å². The van der Waals surface area contributed by atoms with Crippen LogP contribution in [0.25, 0.3) is 6.08 Å². The first-order chi connectivity index (χ1) is 13.2. The predicted octanol–water partition coefficient (Wildman–Crippen LogP) is 7.15. The van der Waals surface area contributed by atoms with Gasteiger partial charge in [-0.3, -0.25) is 4.98 Å². The van der Waals surface area contributed by atoms with E-state index in [9.17, 15) is 5.26 Å². The molecular weight excluding hydrogens is 328 g/mol. The minimum absolute atomic E-state index is 0.567. The molecule has 0 saturated carbocycles. The molecule has 0 atom stereocenters. The van der Waals surface area contributed by atoms with Crippen molar-refractivity contribution in [2.24, 2.45) is 0 Å². The van der Waals surface area contributed by atoms with Gasteiger partial charge in [0.05, 0.1) is 17.3 Å². The maximum absolute atomic E-state index is 9.28. The summed E-state index contributed by atoms with van der Waals surface area (Å²) in [5.74, 6) is 0. The highest BCUT2D eigenvalue weighted by Gasteiger charge is 2.11. The molecule has 146 valence electrons. The van der Waals surface area contributed by atoms with Crippen molar-refractivity contribution in [1.82, 2.24) is 4.98 Å². The molecule has 0 radical (unpaired) electrons. The first kappa shape index (κ1) is 22.9. The Bertz CT molecular complexity index is 662. The van der Waals surface area contributed by atoms with Crippen molar-refractivity contribution in [2.75, 3.05) is 0 Å². The quantitative estimate of drug-likeness (QED) is 0.152. The van der Waals surface area contributed by atoms with Gasteiger partial charge in [0.2, 0.25) is 0 Å². The Morgan fingerprint density at radius 3 is 2.15 bits per heavy atom. The maximum Gasteiger partial charge on any atom is 0.0992 e. The zero-order valence-corrected chi connectivity index (χ0v) is 17.4. The molecule has 1 rings (SSSR count). The smallest absolute Gasteiger partial charge is 0.0992 e. The highest BCUT2D eigenvalue weighted by molar-refractivity contribution is 5.61. The van der Waals surface area contributed by atoms with E-state index in [1.54, 1.807) is 6.08 Å². The number of hydrogen-bond acceptors (Lipinski definition) is 2. The second-order valence-electron chi connectivity index (χ2n) is 7.17. The summed E-state index contributed by atoms with van der Waals surface area (Å²) in [6.07, 6.45) is 18.2. The van der Waals surface area contributed by atoms with Crippen molar-refractivity contribution in [3.8, 4) is 6.07 Å². The predicted molar refractivity (Wildman–Crippen MR) is 118 cm³/mol. The van der Waals surface area contributed by atoms with Crippen molar-refractivity contribution in [3.05, 3.63) is 59.5 Å². The lowest BCUT2D eigenvalue weighted by Crippen LogP contribution is -2.04. The molecule has 2 heteroatoms. The van der Waals surface area contributed by atoms with Crippen LogP contribution in [0, 0.1) is 11.3 Å². The van der Waals surface area contributed by atoms with Gasteiger partial charge >= 0.3 is 0 Å². The Balaban J connectivity index is 3.18. The van der Waals surface area contributed by atoms with Crippen LogP contribution in [0.15, 0.2) is 36.9 Å². The number of pyridine rings is 1. The van der Waals surface area contributed by atoms with Crippen molar-refractivity contribution in [2.45, 2.75) is 84.5 Å². The average Bonchev–Trinajstić information content (AvgIpc) is 2.68. The van der Waals surface area contributed by atoms with Gasteiger partial charge in [-0.05, 0) is 42.9 Å². The number of rotatable bonds is 14. The van der Waals surface area contributed by atoms with Crippen LogP contribution in [-0.4, -0.2) is 4.98 Å². The molecule has 0 aliphatic carbocycles. The maximum atomic E-state index is 9.28. The van der Waals surface area contributed by atoms with Crippen molar-refractivity contribution in [3.63, 3.8) is 0 Å². The Morgan fingerprint density at radius 2 is 1.63 bits per heavy atom. The van der Waals surface area contributed by atoms with Crippen molar-refractivity contribution in [1.29, 1.82) is 5.26 Å². The fourth-order valence-electron chi connectivity index (χ4n) is 3.28. The fourth-order valence-corrected chi connectivity index (χ4v) is 3.28. The minimum atomic E-state index is 0.567. The minimum Gasteiger partial charge on any atom is -0.253 e. The molecule has 0 aliphatic heterocycles. The Hall–Kier alpha value is -2.14. The Morgan fingerprint density at radius 1 is 1.00 bits per heavy atom. The van der Waals surface area contributed by atoms with Crippen LogP contribution in [0.1, 0.15) is 87.7 Å². The highest BCUT2D eigenvalue weighted by atomic mass is 14.7. The molecule has 0 N–H and O–H groups in total. The molecule has 0 amide bonds. The summed E-state index contributed by atoms with van der Waals surface area (Å²) in [7, 11) is 0. The third kappa shape index (κ3) is 8.39. The van der Waals surface area contributed by atoms with Gasteiger partial charge in [-0.25, -0.2) is 0 Å². The molecule has 1 aromatic rings. The standard InChI is InChI=1S/C25H36N2/c1-5-9-11-13-16-22-19-23(17-14-12-10-6-2)25(18-21(8-4)20-26)27-24(22)15-7-3/h7-8,18-19H,3-6,9-17H2,1-2H3/b21-18-. The normalized spacial score (nSPS) is 11.2. The van der Waals surface area contributed by atoms with Crippen LogP contribution in [-0.2, 0) is 19.3 Å². The second-order valence-corrected chi connectivity index (χ2v) is 7.17. The molecule has 0 unspecified atom stereocenters. The Kier molecular flexibility index (Phi) is 11.9. The third-order valence-corrected chi connectivity index (χ3v) is 4.88. The molecule has 0 aliphatic rings. The monoisotopic (exact) mass is 364 g/mol. The lowest BCUT2D eigenvalue weighted by atomic mass is 9.96. The van der Waals surface area contributed by atoms with Gasteiger partial charge in [0.25, 0.3) is 0 Å². The molecule has 0 aromatic carbocycles. The van der Waals surface area contributed by atoms with Crippen LogP contribution in [0.2, 0.25) is 0 Å². The summed E-state index contributed by atoms with van der Waals surface area (Å²) < 4.78 is 0. The number of hydrogen-bond donors (Lipinski definition) is 0. The molecule has 0 saturated heterocycles. The van der Waals surface area contributed by atoms with Crippen LogP contribution < -0.4 is 0 Å². The molecular formula is C25H36N2. The topological polar surface area (TPSA) is 36.7 Å². The van der Waals surface area contributed by atoms with Gasteiger partial charge in [-0.1, -0.05) is 77.2 Å². The third-order valence-electron chi connectivity index (χ3n) is 4.88. The van der Waals surface area contributed by atoms with E-state index >= 15 is 0 Å². The second kappa shape index (κ2) is 14.0. The van der Waals surface area contributed by atoms with Gasteiger partial charge in [0.15, 0.2) is 0 Å². The number of aryl methyl sites for hydroxylation is 2.